The Labute approximate surface area is 78.4 Å². The average Bonchev–Trinajstić information content (AvgIpc) is 2.85. The Balaban J connectivity index is 2.31. The highest BCUT2D eigenvalue weighted by Gasteiger charge is 2.26. The molecule has 1 aliphatic carbocycles. The lowest BCUT2D eigenvalue weighted by Gasteiger charge is -2.08. The molecule has 1 saturated carbocycles. The van der Waals surface area contributed by atoms with Gasteiger partial charge in [-0.05, 0) is 26.7 Å². The number of hydrogen-bond donors (Lipinski definition) is 1. The van der Waals surface area contributed by atoms with Crippen molar-refractivity contribution in [1.29, 1.82) is 0 Å². The lowest BCUT2D eigenvalue weighted by molar-refractivity contribution is 0.772. The van der Waals surface area contributed by atoms with Gasteiger partial charge in [-0.3, -0.25) is 0 Å². The van der Waals surface area contributed by atoms with E-state index in [1.807, 2.05) is 20.0 Å². The zero-order valence-corrected chi connectivity index (χ0v) is 8.12. The first-order chi connectivity index (χ1) is 6.18. The lowest BCUT2D eigenvalue weighted by atomic mass is 10.1. The Kier molecular flexibility index (Phi) is 2.04. The Morgan fingerprint density at radius 3 is 2.69 bits per heavy atom. The fourth-order valence-electron chi connectivity index (χ4n) is 1.48. The van der Waals surface area contributed by atoms with E-state index >= 15 is 0 Å². The van der Waals surface area contributed by atoms with Crippen molar-refractivity contribution in [2.45, 2.75) is 38.6 Å². The predicted molar refractivity (Wildman–Crippen MR) is 51.3 cm³/mol. The van der Waals surface area contributed by atoms with Crippen molar-refractivity contribution >= 4 is 0 Å². The van der Waals surface area contributed by atoms with Crippen LogP contribution in [0.5, 0.6) is 0 Å². The van der Waals surface area contributed by atoms with E-state index in [-0.39, 0.29) is 6.04 Å². The molecule has 1 fully saturated rings. The third-order valence-electron chi connectivity index (χ3n) is 2.47. The summed E-state index contributed by atoms with van der Waals surface area (Å²) in [5.74, 6) is 1.63. The second kappa shape index (κ2) is 3.07. The number of aryl methyl sites for hydroxylation is 1. The van der Waals surface area contributed by atoms with Crippen LogP contribution in [0.1, 0.15) is 48.8 Å². The molecule has 3 heteroatoms. The van der Waals surface area contributed by atoms with E-state index in [9.17, 15) is 0 Å². The Hall–Kier alpha value is -0.960. The summed E-state index contributed by atoms with van der Waals surface area (Å²) in [5.41, 5.74) is 7.87. The molecule has 0 radical (unpaired) electrons. The normalized spacial score (nSPS) is 18.7. The smallest absolute Gasteiger partial charge is 0.131 e. The maximum atomic E-state index is 5.78. The van der Waals surface area contributed by atoms with Crippen LogP contribution in [0.15, 0.2) is 6.20 Å². The van der Waals surface area contributed by atoms with Crippen LogP contribution in [-0.2, 0) is 0 Å². The number of nitrogens with zero attached hydrogens (tertiary/aromatic N) is 2. The summed E-state index contributed by atoms with van der Waals surface area (Å²) in [4.78, 5) is 8.80. The van der Waals surface area contributed by atoms with Crippen molar-refractivity contribution in [2.24, 2.45) is 5.73 Å². The van der Waals surface area contributed by atoms with Crippen LogP contribution in [0.25, 0.3) is 0 Å². The van der Waals surface area contributed by atoms with Crippen LogP contribution >= 0.6 is 0 Å². The maximum absolute atomic E-state index is 5.78. The number of hydrogen-bond acceptors (Lipinski definition) is 3. The fraction of sp³-hybridized carbons (Fsp3) is 0.600. The first-order valence-electron chi connectivity index (χ1n) is 4.77. The fourth-order valence-corrected chi connectivity index (χ4v) is 1.48. The summed E-state index contributed by atoms with van der Waals surface area (Å²) in [7, 11) is 0. The highest BCUT2D eigenvalue weighted by atomic mass is 14.9. The van der Waals surface area contributed by atoms with E-state index in [1.165, 1.54) is 12.8 Å². The van der Waals surface area contributed by atoms with E-state index in [4.69, 9.17) is 5.73 Å². The van der Waals surface area contributed by atoms with Crippen molar-refractivity contribution in [3.05, 3.63) is 23.3 Å². The third-order valence-corrected chi connectivity index (χ3v) is 2.47. The lowest BCUT2D eigenvalue weighted by Crippen LogP contribution is -2.10. The van der Waals surface area contributed by atoms with Gasteiger partial charge in [0.1, 0.15) is 5.82 Å². The van der Waals surface area contributed by atoms with Crippen LogP contribution in [-0.4, -0.2) is 9.97 Å². The molecule has 0 aromatic carbocycles. The van der Waals surface area contributed by atoms with Gasteiger partial charge in [-0.1, -0.05) is 0 Å². The molecule has 3 nitrogen and oxygen atoms in total. The van der Waals surface area contributed by atoms with Crippen LogP contribution in [0.2, 0.25) is 0 Å². The molecule has 1 atom stereocenters. The van der Waals surface area contributed by atoms with Gasteiger partial charge in [0.05, 0.1) is 0 Å². The summed E-state index contributed by atoms with van der Waals surface area (Å²) < 4.78 is 0. The van der Waals surface area contributed by atoms with E-state index < -0.39 is 0 Å². The van der Waals surface area contributed by atoms with Gasteiger partial charge in [-0.25, -0.2) is 9.97 Å². The molecule has 2 rings (SSSR count). The molecule has 13 heavy (non-hydrogen) atoms. The molecule has 1 aromatic heterocycles. The minimum absolute atomic E-state index is 0.0354. The monoisotopic (exact) mass is 177 g/mol. The van der Waals surface area contributed by atoms with Crippen molar-refractivity contribution < 1.29 is 0 Å². The zero-order chi connectivity index (χ0) is 9.42. The molecule has 1 heterocycles. The second-order valence-corrected chi connectivity index (χ2v) is 3.83. The van der Waals surface area contributed by atoms with Crippen molar-refractivity contribution in [1.82, 2.24) is 9.97 Å². The number of nitrogens with two attached hydrogens (primary N) is 1. The van der Waals surface area contributed by atoms with Gasteiger partial charge >= 0.3 is 0 Å². The van der Waals surface area contributed by atoms with E-state index in [2.05, 4.69) is 9.97 Å². The van der Waals surface area contributed by atoms with Crippen molar-refractivity contribution in [3.63, 3.8) is 0 Å². The summed E-state index contributed by atoms with van der Waals surface area (Å²) in [6.45, 7) is 3.97. The standard InChI is InChI=1S/C10H15N3/c1-6(11)9-5-12-10(8-3-4-8)13-7(9)2/h5-6,8H,3-4,11H2,1-2H3. The largest absolute Gasteiger partial charge is 0.324 e. The first-order valence-corrected chi connectivity index (χ1v) is 4.77. The number of aromatic nitrogens is 2. The number of rotatable bonds is 2. The molecule has 1 unspecified atom stereocenters. The second-order valence-electron chi connectivity index (χ2n) is 3.83. The molecule has 2 N–H and O–H groups in total. The molecule has 70 valence electrons. The molecule has 1 aliphatic rings. The van der Waals surface area contributed by atoms with Gasteiger partial charge in [0, 0.05) is 29.4 Å². The molecule has 0 aliphatic heterocycles. The van der Waals surface area contributed by atoms with E-state index in [0.29, 0.717) is 5.92 Å². The highest BCUT2D eigenvalue weighted by molar-refractivity contribution is 5.21. The average molecular weight is 177 g/mol. The third kappa shape index (κ3) is 1.70. The summed E-state index contributed by atoms with van der Waals surface area (Å²) in [6, 6.07) is 0.0354. The van der Waals surface area contributed by atoms with Gasteiger partial charge in [0.2, 0.25) is 0 Å². The Morgan fingerprint density at radius 2 is 2.23 bits per heavy atom. The molecule has 0 bridgehead atoms. The zero-order valence-electron chi connectivity index (χ0n) is 8.12. The Bertz CT molecular complexity index is 316. The van der Waals surface area contributed by atoms with Crippen molar-refractivity contribution in [2.75, 3.05) is 0 Å². The molecule has 0 spiro atoms. The van der Waals surface area contributed by atoms with Gasteiger partial charge in [-0.15, -0.1) is 0 Å². The molecular formula is C10H15N3. The molecular weight excluding hydrogens is 162 g/mol. The SMILES string of the molecule is Cc1nc(C2CC2)ncc1C(C)N. The summed E-state index contributed by atoms with van der Waals surface area (Å²) in [6.07, 6.45) is 4.37. The minimum Gasteiger partial charge on any atom is -0.324 e. The van der Waals surface area contributed by atoms with Gasteiger partial charge in [-0.2, -0.15) is 0 Å². The predicted octanol–water partition coefficient (Wildman–Crippen LogP) is 1.68. The van der Waals surface area contributed by atoms with Gasteiger partial charge in [0.15, 0.2) is 0 Å². The Morgan fingerprint density at radius 1 is 1.54 bits per heavy atom. The summed E-state index contributed by atoms with van der Waals surface area (Å²) in [5, 5.41) is 0. The summed E-state index contributed by atoms with van der Waals surface area (Å²) >= 11 is 0. The minimum atomic E-state index is 0.0354. The van der Waals surface area contributed by atoms with Crippen LogP contribution in [0, 0.1) is 6.92 Å². The van der Waals surface area contributed by atoms with Crippen molar-refractivity contribution in [3.8, 4) is 0 Å². The molecule has 1 aromatic rings. The van der Waals surface area contributed by atoms with E-state index in [0.717, 1.165) is 17.1 Å². The highest BCUT2D eigenvalue weighted by Crippen LogP contribution is 2.38. The van der Waals surface area contributed by atoms with Crippen LogP contribution in [0.4, 0.5) is 0 Å². The maximum Gasteiger partial charge on any atom is 0.131 e. The first kappa shape index (κ1) is 8.63. The van der Waals surface area contributed by atoms with Gasteiger partial charge < -0.3 is 5.73 Å². The topological polar surface area (TPSA) is 51.8 Å². The van der Waals surface area contributed by atoms with Crippen LogP contribution < -0.4 is 5.73 Å². The molecule has 0 saturated heterocycles. The van der Waals surface area contributed by atoms with Gasteiger partial charge in [0.25, 0.3) is 0 Å². The quantitative estimate of drug-likeness (QED) is 0.747. The van der Waals surface area contributed by atoms with Crippen LogP contribution in [0.3, 0.4) is 0 Å². The van der Waals surface area contributed by atoms with E-state index in [1.54, 1.807) is 0 Å². The molecule has 0 amide bonds.